The molecule has 0 aliphatic rings. The van der Waals surface area contributed by atoms with Crippen LogP contribution in [-0.4, -0.2) is 28.7 Å². The second-order valence-corrected chi connectivity index (χ2v) is 3.12. The number of nitrogens with two attached hydrogens (primary N) is 1. The van der Waals surface area contributed by atoms with E-state index < -0.39 is 0 Å². The van der Waals surface area contributed by atoms with E-state index in [-0.39, 0.29) is 11.9 Å². The van der Waals surface area contributed by atoms with Crippen LogP contribution in [0.2, 0.25) is 0 Å². The summed E-state index contributed by atoms with van der Waals surface area (Å²) in [6.07, 6.45) is 1.61. The molecule has 72 valence electrons. The third-order valence-corrected chi connectivity index (χ3v) is 1.64. The predicted molar refractivity (Wildman–Crippen MR) is 49.3 cm³/mol. The second-order valence-electron chi connectivity index (χ2n) is 3.12. The SMILES string of the molecule is Cc1cn[nH]c1C(=O)NCC(C)N. The standard InChI is InChI=1S/C8H14N4O/c1-5-3-11-12-7(5)8(13)10-4-6(2)9/h3,6H,4,9H2,1-2H3,(H,10,13)(H,11,12). The lowest BCUT2D eigenvalue weighted by atomic mass is 10.2. The molecule has 0 aliphatic carbocycles. The molecule has 0 spiro atoms. The smallest absolute Gasteiger partial charge is 0.269 e. The van der Waals surface area contributed by atoms with Gasteiger partial charge >= 0.3 is 0 Å². The molecule has 0 aliphatic heterocycles. The van der Waals surface area contributed by atoms with E-state index in [1.165, 1.54) is 0 Å². The van der Waals surface area contributed by atoms with Crippen molar-refractivity contribution in [2.75, 3.05) is 6.54 Å². The van der Waals surface area contributed by atoms with E-state index in [0.29, 0.717) is 12.2 Å². The van der Waals surface area contributed by atoms with Gasteiger partial charge in [-0.1, -0.05) is 0 Å². The maximum atomic E-state index is 11.4. The number of aromatic nitrogens is 2. The first-order valence-corrected chi connectivity index (χ1v) is 4.15. The fourth-order valence-electron chi connectivity index (χ4n) is 0.918. The van der Waals surface area contributed by atoms with Crippen molar-refractivity contribution in [2.45, 2.75) is 19.9 Å². The minimum absolute atomic E-state index is 0.0350. The Morgan fingerprint density at radius 1 is 1.85 bits per heavy atom. The van der Waals surface area contributed by atoms with Gasteiger partial charge in [-0.05, 0) is 19.4 Å². The summed E-state index contributed by atoms with van der Waals surface area (Å²) in [5.74, 6) is -0.160. The van der Waals surface area contributed by atoms with E-state index in [1.807, 2.05) is 13.8 Å². The number of hydrogen-bond donors (Lipinski definition) is 3. The van der Waals surface area contributed by atoms with Gasteiger partial charge in [0.25, 0.3) is 5.91 Å². The number of aryl methyl sites for hydroxylation is 1. The van der Waals surface area contributed by atoms with Crippen molar-refractivity contribution in [1.82, 2.24) is 15.5 Å². The highest BCUT2D eigenvalue weighted by molar-refractivity contribution is 5.93. The van der Waals surface area contributed by atoms with Crippen LogP contribution < -0.4 is 11.1 Å². The van der Waals surface area contributed by atoms with Crippen molar-refractivity contribution in [2.24, 2.45) is 5.73 Å². The number of hydrogen-bond acceptors (Lipinski definition) is 3. The molecular weight excluding hydrogens is 168 g/mol. The van der Waals surface area contributed by atoms with Crippen LogP contribution in [0.3, 0.4) is 0 Å². The van der Waals surface area contributed by atoms with Crippen LogP contribution in [0.5, 0.6) is 0 Å². The molecule has 4 N–H and O–H groups in total. The van der Waals surface area contributed by atoms with Crippen LogP contribution in [0.25, 0.3) is 0 Å². The van der Waals surface area contributed by atoms with E-state index in [9.17, 15) is 4.79 Å². The third-order valence-electron chi connectivity index (χ3n) is 1.64. The van der Waals surface area contributed by atoms with Gasteiger partial charge in [0.15, 0.2) is 0 Å². The van der Waals surface area contributed by atoms with Gasteiger partial charge in [-0.15, -0.1) is 0 Å². The molecule has 1 heterocycles. The van der Waals surface area contributed by atoms with Gasteiger partial charge < -0.3 is 11.1 Å². The Kier molecular flexibility index (Phi) is 3.02. The van der Waals surface area contributed by atoms with Crippen molar-refractivity contribution >= 4 is 5.91 Å². The Balaban J connectivity index is 2.54. The molecule has 1 amide bonds. The highest BCUT2D eigenvalue weighted by atomic mass is 16.1. The molecule has 0 fully saturated rings. The predicted octanol–water partition coefficient (Wildman–Crippen LogP) is -0.205. The Labute approximate surface area is 76.7 Å². The van der Waals surface area contributed by atoms with E-state index in [1.54, 1.807) is 6.20 Å². The van der Waals surface area contributed by atoms with Gasteiger partial charge in [-0.2, -0.15) is 5.10 Å². The summed E-state index contributed by atoms with van der Waals surface area (Å²) in [7, 11) is 0. The molecule has 1 aromatic heterocycles. The highest BCUT2D eigenvalue weighted by Gasteiger charge is 2.10. The number of nitrogens with zero attached hydrogens (tertiary/aromatic N) is 1. The summed E-state index contributed by atoms with van der Waals surface area (Å²) in [5.41, 5.74) is 6.83. The molecule has 1 unspecified atom stereocenters. The van der Waals surface area contributed by atoms with Crippen molar-refractivity contribution in [3.63, 3.8) is 0 Å². The Morgan fingerprint density at radius 2 is 2.54 bits per heavy atom. The monoisotopic (exact) mass is 182 g/mol. The minimum atomic E-state index is -0.160. The average molecular weight is 182 g/mol. The van der Waals surface area contributed by atoms with Gasteiger partial charge in [0.05, 0.1) is 6.20 Å². The lowest BCUT2D eigenvalue weighted by Crippen LogP contribution is -2.35. The number of amides is 1. The Hall–Kier alpha value is -1.36. The van der Waals surface area contributed by atoms with Crippen LogP contribution in [0.1, 0.15) is 23.0 Å². The van der Waals surface area contributed by atoms with Crippen LogP contribution in [0, 0.1) is 6.92 Å². The van der Waals surface area contributed by atoms with Gasteiger partial charge in [0.1, 0.15) is 5.69 Å². The first kappa shape index (κ1) is 9.73. The minimum Gasteiger partial charge on any atom is -0.349 e. The molecule has 0 radical (unpaired) electrons. The van der Waals surface area contributed by atoms with E-state index >= 15 is 0 Å². The van der Waals surface area contributed by atoms with Crippen LogP contribution in [-0.2, 0) is 0 Å². The van der Waals surface area contributed by atoms with E-state index in [0.717, 1.165) is 5.56 Å². The topological polar surface area (TPSA) is 83.8 Å². The molecule has 1 rings (SSSR count). The first-order chi connectivity index (χ1) is 6.11. The van der Waals surface area contributed by atoms with Gasteiger partial charge in [-0.25, -0.2) is 0 Å². The molecule has 0 saturated carbocycles. The molecule has 1 aromatic rings. The summed E-state index contributed by atoms with van der Waals surface area (Å²) >= 11 is 0. The number of rotatable bonds is 3. The number of H-pyrrole nitrogens is 1. The molecule has 13 heavy (non-hydrogen) atoms. The summed E-state index contributed by atoms with van der Waals surface area (Å²) in [6, 6.07) is -0.0350. The number of aromatic amines is 1. The first-order valence-electron chi connectivity index (χ1n) is 4.15. The van der Waals surface area contributed by atoms with Crippen LogP contribution >= 0.6 is 0 Å². The van der Waals surface area contributed by atoms with Gasteiger partial charge in [-0.3, -0.25) is 9.89 Å². The largest absolute Gasteiger partial charge is 0.349 e. The fraction of sp³-hybridized carbons (Fsp3) is 0.500. The average Bonchev–Trinajstić information content (AvgIpc) is 2.47. The van der Waals surface area contributed by atoms with Gasteiger partial charge in [0, 0.05) is 12.6 Å². The van der Waals surface area contributed by atoms with Gasteiger partial charge in [0.2, 0.25) is 0 Å². The zero-order valence-corrected chi connectivity index (χ0v) is 7.79. The summed E-state index contributed by atoms with van der Waals surface area (Å²) < 4.78 is 0. The summed E-state index contributed by atoms with van der Waals surface area (Å²) in [4.78, 5) is 11.4. The van der Waals surface area contributed by atoms with E-state index in [2.05, 4.69) is 15.5 Å². The molecule has 0 aromatic carbocycles. The lowest BCUT2D eigenvalue weighted by molar-refractivity contribution is 0.0946. The molecule has 5 nitrogen and oxygen atoms in total. The lowest BCUT2D eigenvalue weighted by Gasteiger charge is -2.06. The quantitative estimate of drug-likeness (QED) is 0.605. The van der Waals surface area contributed by atoms with Crippen molar-refractivity contribution < 1.29 is 4.79 Å². The maximum Gasteiger partial charge on any atom is 0.269 e. The van der Waals surface area contributed by atoms with Crippen molar-refractivity contribution in [3.8, 4) is 0 Å². The normalized spacial score (nSPS) is 12.5. The zero-order valence-electron chi connectivity index (χ0n) is 7.79. The summed E-state index contributed by atoms with van der Waals surface area (Å²) in [5, 5.41) is 9.07. The van der Waals surface area contributed by atoms with Crippen LogP contribution in [0.15, 0.2) is 6.20 Å². The van der Waals surface area contributed by atoms with Crippen molar-refractivity contribution in [3.05, 3.63) is 17.5 Å². The van der Waals surface area contributed by atoms with E-state index in [4.69, 9.17) is 5.73 Å². The maximum absolute atomic E-state index is 11.4. The molecule has 0 bridgehead atoms. The summed E-state index contributed by atoms with van der Waals surface area (Å²) in [6.45, 7) is 4.13. The number of carbonyl (C=O) groups excluding carboxylic acids is 1. The highest BCUT2D eigenvalue weighted by Crippen LogP contribution is 2.00. The van der Waals surface area contributed by atoms with Crippen LogP contribution in [0.4, 0.5) is 0 Å². The Morgan fingerprint density at radius 3 is 3.00 bits per heavy atom. The number of nitrogens with one attached hydrogen (secondary N) is 2. The second kappa shape index (κ2) is 4.04. The fourth-order valence-corrected chi connectivity index (χ4v) is 0.918. The Bertz CT molecular complexity index is 292. The molecule has 5 heteroatoms. The molecule has 0 saturated heterocycles. The molecular formula is C8H14N4O. The van der Waals surface area contributed by atoms with Crippen molar-refractivity contribution in [1.29, 1.82) is 0 Å². The molecule has 1 atom stereocenters. The third kappa shape index (κ3) is 2.55. The zero-order chi connectivity index (χ0) is 9.84. The number of carbonyl (C=O) groups is 1.